The maximum atomic E-state index is 9.47. The van der Waals surface area contributed by atoms with E-state index >= 15 is 0 Å². The summed E-state index contributed by atoms with van der Waals surface area (Å²) in [5.41, 5.74) is 15.3. The van der Waals surface area contributed by atoms with Gasteiger partial charge in [0.2, 0.25) is 5.91 Å². The summed E-state index contributed by atoms with van der Waals surface area (Å²) in [6.45, 7) is 12.4. The van der Waals surface area contributed by atoms with Crippen LogP contribution in [0.1, 0.15) is 57.7 Å². The molecule has 1 aromatic carbocycles. The van der Waals surface area contributed by atoms with Gasteiger partial charge >= 0.3 is 6.01 Å². The van der Waals surface area contributed by atoms with Crippen molar-refractivity contribution in [3.05, 3.63) is 54.4 Å². The van der Waals surface area contributed by atoms with Crippen LogP contribution in [0.25, 0.3) is 10.9 Å². The van der Waals surface area contributed by atoms with Crippen LogP contribution >= 0.6 is 0 Å². The van der Waals surface area contributed by atoms with Gasteiger partial charge in [-0.25, -0.2) is 0 Å². The average molecular weight is 563 g/mol. The number of rotatable bonds is 6. The highest BCUT2D eigenvalue weighted by Crippen LogP contribution is 2.32. The number of likely N-dealkylation sites (N-methyl/N-ethyl adjacent to an activating group) is 1. The zero-order valence-electron chi connectivity index (χ0n) is 25.3. The monoisotopic (exact) mass is 562 g/mol. The summed E-state index contributed by atoms with van der Waals surface area (Å²) in [4.78, 5) is 23.4. The minimum atomic E-state index is -0.481. The Labute approximate surface area is 244 Å². The molecule has 0 aliphatic carbocycles. The van der Waals surface area contributed by atoms with E-state index in [-0.39, 0.29) is 0 Å². The SMILES string of the molecule is C=CC(N)=O.CC.CCCC#N.CN1CCC[C@H]1COc1nc(N)c2c(n1)CN(c1cccc3ccn(C)c13)CC2. The molecule has 0 spiro atoms. The highest BCUT2D eigenvalue weighted by atomic mass is 16.5. The van der Waals surface area contributed by atoms with Crippen LogP contribution in [-0.4, -0.2) is 58.1 Å². The van der Waals surface area contributed by atoms with Crippen molar-refractivity contribution in [2.24, 2.45) is 12.8 Å². The van der Waals surface area contributed by atoms with Gasteiger partial charge in [-0.1, -0.05) is 39.5 Å². The number of likely N-dealkylation sites (tertiary alicyclic amines) is 1. The van der Waals surface area contributed by atoms with Gasteiger partial charge in [0.05, 0.1) is 29.5 Å². The van der Waals surface area contributed by atoms with Crippen LogP contribution in [-0.2, 0) is 24.8 Å². The first-order chi connectivity index (χ1) is 19.8. The molecular formula is C31H46N8O2. The quantitative estimate of drug-likeness (QED) is 0.416. The molecule has 0 radical (unpaired) electrons. The number of anilines is 2. The summed E-state index contributed by atoms with van der Waals surface area (Å²) in [7, 11) is 4.24. The number of carbonyl (C=O) groups excluding carboxylic acids is 1. The van der Waals surface area contributed by atoms with Crippen molar-refractivity contribution in [1.29, 1.82) is 5.26 Å². The lowest BCUT2D eigenvalue weighted by atomic mass is 10.0. The lowest BCUT2D eigenvalue weighted by Crippen LogP contribution is -2.33. The van der Waals surface area contributed by atoms with Gasteiger partial charge in [0.25, 0.3) is 0 Å². The summed E-state index contributed by atoms with van der Waals surface area (Å²) < 4.78 is 8.14. The van der Waals surface area contributed by atoms with Crippen LogP contribution in [0, 0.1) is 11.3 Å². The van der Waals surface area contributed by atoms with E-state index in [1.165, 1.54) is 23.0 Å². The smallest absolute Gasteiger partial charge is 0.318 e. The number of aromatic nitrogens is 3. The maximum absolute atomic E-state index is 9.47. The van der Waals surface area contributed by atoms with Crippen molar-refractivity contribution >= 4 is 28.3 Å². The van der Waals surface area contributed by atoms with E-state index in [2.05, 4.69) is 76.2 Å². The fraction of sp³-hybridized carbons (Fsp3) is 0.484. The molecule has 2 aromatic heterocycles. The van der Waals surface area contributed by atoms with Crippen LogP contribution in [0.5, 0.6) is 6.01 Å². The molecular weight excluding hydrogens is 516 g/mol. The zero-order chi connectivity index (χ0) is 30.4. The van der Waals surface area contributed by atoms with Crippen molar-refractivity contribution in [1.82, 2.24) is 19.4 Å². The Morgan fingerprint density at radius 1 is 1.24 bits per heavy atom. The molecule has 10 heteroatoms. The molecule has 0 bridgehead atoms. The van der Waals surface area contributed by atoms with Gasteiger partial charge in [-0.3, -0.25) is 4.79 Å². The third kappa shape index (κ3) is 9.22. The molecule has 4 N–H and O–H groups in total. The van der Waals surface area contributed by atoms with Crippen LogP contribution in [0.15, 0.2) is 43.1 Å². The molecule has 1 fully saturated rings. The second-order valence-electron chi connectivity index (χ2n) is 9.73. The topological polar surface area (TPSA) is 139 Å². The van der Waals surface area contributed by atoms with Gasteiger partial charge in [-0.05, 0) is 57.5 Å². The molecule has 3 aromatic rings. The predicted molar refractivity (Wildman–Crippen MR) is 167 cm³/mol. The second kappa shape index (κ2) is 16.9. The minimum absolute atomic E-state index is 0.403. The molecule has 4 heterocycles. The Kier molecular flexibility index (Phi) is 13.6. The highest BCUT2D eigenvalue weighted by Gasteiger charge is 2.25. The molecule has 1 saturated heterocycles. The molecule has 0 unspecified atom stereocenters. The number of primary amides is 1. The fourth-order valence-corrected chi connectivity index (χ4v) is 4.77. The van der Waals surface area contributed by atoms with Gasteiger partial charge < -0.3 is 30.6 Å². The second-order valence-corrected chi connectivity index (χ2v) is 9.73. The van der Waals surface area contributed by atoms with E-state index in [1.54, 1.807) is 0 Å². The third-order valence-corrected chi connectivity index (χ3v) is 6.93. The molecule has 2 aliphatic heterocycles. The van der Waals surface area contributed by atoms with Crippen molar-refractivity contribution in [2.75, 3.05) is 37.4 Å². The predicted octanol–water partition coefficient (Wildman–Crippen LogP) is 4.58. The molecule has 222 valence electrons. The number of aryl methyl sites for hydroxylation is 1. The van der Waals surface area contributed by atoms with Gasteiger partial charge in [0.1, 0.15) is 12.4 Å². The van der Waals surface area contributed by atoms with Crippen LogP contribution < -0.4 is 21.1 Å². The Balaban J connectivity index is 0.000000420. The summed E-state index contributed by atoms with van der Waals surface area (Å²) in [6.07, 6.45) is 8.06. The highest BCUT2D eigenvalue weighted by molar-refractivity contribution is 5.92. The summed E-state index contributed by atoms with van der Waals surface area (Å²) in [5.74, 6) is 0.0755. The lowest BCUT2D eigenvalue weighted by molar-refractivity contribution is -0.113. The summed E-state index contributed by atoms with van der Waals surface area (Å²) in [5, 5.41) is 9.07. The molecule has 0 saturated carbocycles. The number of benzene rings is 1. The summed E-state index contributed by atoms with van der Waals surface area (Å²) in [6, 6.07) is 11.5. The van der Waals surface area contributed by atoms with Crippen LogP contribution in [0.4, 0.5) is 11.5 Å². The number of nitrogens with two attached hydrogens (primary N) is 2. The Morgan fingerprint density at radius 2 is 1.98 bits per heavy atom. The number of unbranched alkanes of at least 4 members (excludes halogenated alkanes) is 1. The molecule has 2 aliphatic rings. The van der Waals surface area contributed by atoms with Gasteiger partial charge in [-0.2, -0.15) is 15.2 Å². The first-order valence-electron chi connectivity index (χ1n) is 14.3. The number of amides is 1. The Bertz CT molecular complexity index is 1310. The number of hydrogen-bond acceptors (Lipinski definition) is 8. The van der Waals surface area contributed by atoms with Gasteiger partial charge in [0, 0.05) is 43.2 Å². The van der Waals surface area contributed by atoms with Crippen molar-refractivity contribution in [3.8, 4) is 12.1 Å². The fourth-order valence-electron chi connectivity index (χ4n) is 4.77. The Hall–Kier alpha value is -4.10. The molecule has 1 atom stereocenters. The van der Waals surface area contributed by atoms with Crippen LogP contribution in [0.2, 0.25) is 0 Å². The van der Waals surface area contributed by atoms with E-state index in [4.69, 9.17) is 20.7 Å². The minimum Gasteiger partial charge on any atom is -0.462 e. The lowest BCUT2D eigenvalue weighted by Gasteiger charge is -2.31. The van der Waals surface area contributed by atoms with E-state index in [0.29, 0.717) is 37.4 Å². The largest absolute Gasteiger partial charge is 0.462 e. The first kappa shape index (κ1) is 33.1. The number of carbonyl (C=O) groups is 1. The molecule has 10 nitrogen and oxygen atoms in total. The van der Waals surface area contributed by atoms with Crippen molar-refractivity contribution in [2.45, 2.75) is 65.5 Å². The first-order valence-corrected chi connectivity index (χ1v) is 14.3. The number of nitrogen functional groups attached to an aromatic ring is 1. The maximum Gasteiger partial charge on any atom is 0.318 e. The van der Waals surface area contributed by atoms with Gasteiger partial charge in [0.15, 0.2) is 0 Å². The molecule has 41 heavy (non-hydrogen) atoms. The van der Waals surface area contributed by atoms with Gasteiger partial charge in [-0.15, -0.1) is 0 Å². The molecule has 5 rings (SSSR count). The van der Waals surface area contributed by atoms with E-state index in [0.717, 1.165) is 49.7 Å². The zero-order valence-corrected chi connectivity index (χ0v) is 25.3. The standard InChI is InChI=1S/C22H28N6O.C4H7N.C3H5NO.C2H6/c1-26-10-4-6-16(26)14-29-22-24-18-13-28(12-9-17(18)21(23)25-22)19-7-3-5-15-8-11-27(2)20(15)19;1-2-3-4-5;1-2-3(4)5;1-2/h3,5,7-8,11,16H,4,6,9-10,12-14H2,1-2H3,(H2,23,24,25);2-3H2,1H3;2H,1H2,(H2,4,5);1-2H3/t16-;;;/m0.../s1. The van der Waals surface area contributed by atoms with E-state index in [9.17, 15) is 4.79 Å². The summed E-state index contributed by atoms with van der Waals surface area (Å²) >= 11 is 0. The number of nitriles is 1. The number of para-hydroxylation sites is 1. The molecule has 1 amide bonds. The number of nitrogens with zero attached hydrogens (tertiary/aromatic N) is 6. The van der Waals surface area contributed by atoms with Crippen molar-refractivity contribution in [3.63, 3.8) is 0 Å². The van der Waals surface area contributed by atoms with E-state index in [1.807, 2.05) is 26.8 Å². The number of hydrogen-bond donors (Lipinski definition) is 2. The van der Waals surface area contributed by atoms with Crippen molar-refractivity contribution < 1.29 is 9.53 Å². The normalized spacial score (nSPS) is 15.6. The Morgan fingerprint density at radius 3 is 2.56 bits per heavy atom. The number of ether oxygens (including phenoxy) is 1. The third-order valence-electron chi connectivity index (χ3n) is 6.93. The number of fused-ring (bicyclic) bond motifs is 2. The van der Waals surface area contributed by atoms with E-state index < -0.39 is 5.91 Å². The average Bonchev–Trinajstić information content (AvgIpc) is 3.58. The van der Waals surface area contributed by atoms with Crippen LogP contribution in [0.3, 0.4) is 0 Å².